The molecule has 0 bridgehead atoms. The van der Waals surface area contributed by atoms with E-state index in [2.05, 4.69) is 11.6 Å². The second-order valence-corrected chi connectivity index (χ2v) is 3.48. The Hall–Kier alpha value is -1.97. The minimum Gasteiger partial charge on any atom is -0.339 e. The van der Waals surface area contributed by atoms with Crippen molar-refractivity contribution < 1.29 is 9.59 Å². The molecule has 0 N–H and O–H groups in total. The summed E-state index contributed by atoms with van der Waals surface area (Å²) in [6, 6.07) is 3.16. The number of aromatic nitrogens is 1. The largest absolute Gasteiger partial charge is 0.339 e. The van der Waals surface area contributed by atoms with Gasteiger partial charge in [0.2, 0.25) is 5.78 Å². The number of nitrogens with zero attached hydrogens (tertiary/aromatic N) is 2. The molecule has 0 aliphatic heterocycles. The molecule has 0 aliphatic rings. The van der Waals surface area contributed by atoms with Gasteiger partial charge in [0.15, 0.2) is 0 Å². The van der Waals surface area contributed by atoms with Crippen molar-refractivity contribution in [2.24, 2.45) is 0 Å². The number of carbonyl (C=O) groups excluding carboxylic acids is 2. The van der Waals surface area contributed by atoms with E-state index in [0.717, 1.165) is 0 Å². The Morgan fingerprint density at radius 3 is 2.41 bits per heavy atom. The average Bonchev–Trinajstić information content (AvgIpc) is 2.39. The van der Waals surface area contributed by atoms with E-state index >= 15 is 0 Å². The van der Waals surface area contributed by atoms with E-state index in [9.17, 15) is 9.59 Å². The van der Waals surface area contributed by atoms with Crippen LogP contribution < -0.4 is 0 Å². The van der Waals surface area contributed by atoms with E-state index in [1.54, 1.807) is 17.0 Å². The summed E-state index contributed by atoms with van der Waals surface area (Å²) < 4.78 is 0. The molecule has 0 saturated carbocycles. The Morgan fingerprint density at radius 1 is 1.35 bits per heavy atom. The average molecular weight is 232 g/mol. The van der Waals surface area contributed by atoms with E-state index in [1.807, 2.05) is 13.8 Å². The number of carbonyl (C=O) groups is 2. The number of ketones is 1. The van der Waals surface area contributed by atoms with Crippen LogP contribution in [0.15, 0.2) is 31.0 Å². The van der Waals surface area contributed by atoms with Crippen molar-refractivity contribution in [2.45, 2.75) is 13.8 Å². The van der Waals surface area contributed by atoms with Crippen molar-refractivity contribution >= 4 is 11.7 Å². The fourth-order valence-corrected chi connectivity index (χ4v) is 1.46. The Balaban J connectivity index is 2.91. The fraction of sp³-hybridized carbons (Fsp3) is 0.308. The minimum atomic E-state index is -0.244. The highest BCUT2D eigenvalue weighted by Gasteiger charge is 2.13. The molecular weight excluding hydrogens is 216 g/mol. The summed E-state index contributed by atoms with van der Waals surface area (Å²) in [5, 5.41) is 0. The van der Waals surface area contributed by atoms with Crippen LogP contribution in [0.3, 0.4) is 0 Å². The maximum Gasteiger partial charge on any atom is 0.255 e. The molecule has 1 amide bonds. The third-order valence-electron chi connectivity index (χ3n) is 2.50. The Kier molecular flexibility index (Phi) is 4.57. The number of pyridine rings is 1. The standard InChI is InChI=1S/C13H16N2O2/c1-4-12(16)11-8-7-10(9-14-11)13(17)15(5-2)6-3/h4,7-9H,1,5-6H2,2-3H3. The van der Waals surface area contributed by atoms with Gasteiger partial charge < -0.3 is 4.90 Å². The van der Waals surface area contributed by atoms with Crippen LogP contribution in [0.25, 0.3) is 0 Å². The zero-order chi connectivity index (χ0) is 12.8. The first kappa shape index (κ1) is 13.1. The van der Waals surface area contributed by atoms with Gasteiger partial charge in [-0.2, -0.15) is 0 Å². The van der Waals surface area contributed by atoms with Gasteiger partial charge in [0.25, 0.3) is 5.91 Å². The predicted molar refractivity (Wildman–Crippen MR) is 66.0 cm³/mol. The molecule has 0 aliphatic carbocycles. The number of rotatable bonds is 5. The maximum atomic E-state index is 11.9. The van der Waals surface area contributed by atoms with E-state index in [-0.39, 0.29) is 11.7 Å². The summed E-state index contributed by atoms with van der Waals surface area (Å²) in [6.07, 6.45) is 2.63. The first-order valence-electron chi connectivity index (χ1n) is 5.56. The molecule has 0 fully saturated rings. The summed E-state index contributed by atoms with van der Waals surface area (Å²) in [5.74, 6) is -0.313. The lowest BCUT2D eigenvalue weighted by Gasteiger charge is -2.18. The van der Waals surface area contributed by atoms with Crippen LogP contribution in [-0.4, -0.2) is 34.7 Å². The van der Waals surface area contributed by atoms with Gasteiger partial charge in [0, 0.05) is 19.3 Å². The second kappa shape index (κ2) is 5.94. The van der Waals surface area contributed by atoms with Gasteiger partial charge in [-0.15, -0.1) is 0 Å². The summed E-state index contributed by atoms with van der Waals surface area (Å²) in [6.45, 7) is 8.54. The first-order chi connectivity index (χ1) is 8.13. The van der Waals surface area contributed by atoms with Gasteiger partial charge in [-0.1, -0.05) is 6.58 Å². The number of hydrogen-bond acceptors (Lipinski definition) is 3. The van der Waals surface area contributed by atoms with Crippen molar-refractivity contribution in [1.29, 1.82) is 0 Å². The zero-order valence-electron chi connectivity index (χ0n) is 10.1. The Labute approximate surface area is 101 Å². The molecule has 1 rings (SSSR count). The van der Waals surface area contributed by atoms with E-state index < -0.39 is 0 Å². The van der Waals surface area contributed by atoms with E-state index in [4.69, 9.17) is 0 Å². The van der Waals surface area contributed by atoms with Gasteiger partial charge in [-0.25, -0.2) is 0 Å². The molecule has 0 radical (unpaired) electrons. The molecule has 0 unspecified atom stereocenters. The van der Waals surface area contributed by atoms with Crippen LogP contribution >= 0.6 is 0 Å². The molecule has 90 valence electrons. The lowest BCUT2D eigenvalue weighted by molar-refractivity contribution is 0.0772. The highest BCUT2D eigenvalue weighted by atomic mass is 16.2. The second-order valence-electron chi connectivity index (χ2n) is 3.48. The van der Waals surface area contributed by atoms with Crippen LogP contribution in [-0.2, 0) is 0 Å². The molecule has 0 aromatic carbocycles. The lowest BCUT2D eigenvalue weighted by Crippen LogP contribution is -2.30. The molecule has 4 nitrogen and oxygen atoms in total. The Bertz CT molecular complexity index is 420. The number of hydrogen-bond donors (Lipinski definition) is 0. The summed E-state index contributed by atoms with van der Waals surface area (Å²) in [7, 11) is 0. The van der Waals surface area contributed by atoms with E-state index in [1.165, 1.54) is 12.3 Å². The lowest BCUT2D eigenvalue weighted by atomic mass is 10.2. The first-order valence-corrected chi connectivity index (χ1v) is 5.56. The highest BCUT2D eigenvalue weighted by Crippen LogP contribution is 2.05. The van der Waals surface area contributed by atoms with Crippen molar-refractivity contribution in [1.82, 2.24) is 9.88 Å². The highest BCUT2D eigenvalue weighted by molar-refractivity contribution is 6.03. The number of amides is 1. The van der Waals surface area contributed by atoms with Gasteiger partial charge in [-0.3, -0.25) is 14.6 Å². The normalized spacial score (nSPS) is 9.76. The van der Waals surface area contributed by atoms with Gasteiger partial charge >= 0.3 is 0 Å². The SMILES string of the molecule is C=CC(=O)c1ccc(C(=O)N(CC)CC)cn1. The zero-order valence-corrected chi connectivity index (χ0v) is 10.1. The topological polar surface area (TPSA) is 50.3 Å². The molecule has 17 heavy (non-hydrogen) atoms. The van der Waals surface area contributed by atoms with Gasteiger partial charge in [0.05, 0.1) is 5.56 Å². The van der Waals surface area contributed by atoms with Gasteiger partial charge in [-0.05, 0) is 32.1 Å². The van der Waals surface area contributed by atoms with Crippen LogP contribution in [0.1, 0.15) is 34.7 Å². The molecule has 1 aromatic rings. The summed E-state index contributed by atoms with van der Waals surface area (Å²) in [4.78, 5) is 28.9. The fourth-order valence-electron chi connectivity index (χ4n) is 1.46. The van der Waals surface area contributed by atoms with E-state index in [0.29, 0.717) is 24.3 Å². The van der Waals surface area contributed by atoms with Crippen LogP contribution in [0.5, 0.6) is 0 Å². The van der Waals surface area contributed by atoms with Crippen LogP contribution in [0.4, 0.5) is 0 Å². The monoisotopic (exact) mass is 232 g/mol. The molecule has 1 aromatic heterocycles. The molecular formula is C13H16N2O2. The molecule has 0 spiro atoms. The summed E-state index contributed by atoms with van der Waals surface area (Å²) in [5.41, 5.74) is 0.797. The predicted octanol–water partition coefficient (Wildman–Crippen LogP) is 1.93. The molecule has 4 heteroatoms. The van der Waals surface area contributed by atoms with Crippen LogP contribution in [0, 0.1) is 0 Å². The molecule has 0 saturated heterocycles. The Morgan fingerprint density at radius 2 is 2.00 bits per heavy atom. The number of allylic oxidation sites excluding steroid dienone is 1. The third kappa shape index (κ3) is 3.00. The smallest absolute Gasteiger partial charge is 0.255 e. The van der Waals surface area contributed by atoms with Crippen molar-refractivity contribution in [3.05, 3.63) is 42.2 Å². The quantitative estimate of drug-likeness (QED) is 0.575. The summed E-state index contributed by atoms with van der Waals surface area (Å²) >= 11 is 0. The molecule has 1 heterocycles. The third-order valence-corrected chi connectivity index (χ3v) is 2.50. The van der Waals surface area contributed by atoms with Crippen LogP contribution in [0.2, 0.25) is 0 Å². The van der Waals surface area contributed by atoms with Gasteiger partial charge in [0.1, 0.15) is 5.69 Å². The van der Waals surface area contributed by atoms with Crippen molar-refractivity contribution in [2.75, 3.05) is 13.1 Å². The minimum absolute atomic E-state index is 0.0693. The maximum absolute atomic E-state index is 11.9. The van der Waals surface area contributed by atoms with Crippen molar-refractivity contribution in [3.8, 4) is 0 Å². The molecule has 0 atom stereocenters. The van der Waals surface area contributed by atoms with Crippen molar-refractivity contribution in [3.63, 3.8) is 0 Å².